The van der Waals surface area contributed by atoms with Crippen LogP contribution >= 0.6 is 0 Å². The van der Waals surface area contributed by atoms with Crippen LogP contribution in [0.5, 0.6) is 0 Å². The summed E-state index contributed by atoms with van der Waals surface area (Å²) < 4.78 is 32.9. The van der Waals surface area contributed by atoms with Crippen molar-refractivity contribution in [3.63, 3.8) is 0 Å². The number of sulfonamides is 1. The van der Waals surface area contributed by atoms with E-state index in [4.69, 9.17) is 4.74 Å². The highest BCUT2D eigenvalue weighted by Gasteiger charge is 2.27. The molecular formula is C25H30N2O3S. The lowest BCUT2D eigenvalue weighted by atomic mass is 9.94. The number of benzene rings is 3. The van der Waals surface area contributed by atoms with E-state index < -0.39 is 16.1 Å². The minimum absolute atomic E-state index is 0.249. The van der Waals surface area contributed by atoms with E-state index in [0.717, 1.165) is 16.7 Å². The summed E-state index contributed by atoms with van der Waals surface area (Å²) in [5.41, 5.74) is 4.26. The molecule has 2 N–H and O–H groups in total. The summed E-state index contributed by atoms with van der Waals surface area (Å²) >= 11 is 0. The molecule has 3 rings (SSSR count). The molecule has 0 aliphatic heterocycles. The molecule has 31 heavy (non-hydrogen) atoms. The van der Waals surface area contributed by atoms with Gasteiger partial charge in [0.2, 0.25) is 10.0 Å². The van der Waals surface area contributed by atoms with Gasteiger partial charge in [-0.05, 0) is 23.6 Å². The molecule has 0 fully saturated rings. The van der Waals surface area contributed by atoms with Crippen LogP contribution in [-0.4, -0.2) is 27.8 Å². The lowest BCUT2D eigenvalue weighted by molar-refractivity contribution is 0.119. The normalized spacial score (nSPS) is 13.6. The molecule has 0 amide bonds. The van der Waals surface area contributed by atoms with Crippen molar-refractivity contribution >= 4 is 10.0 Å². The SMILES string of the molecule is Cc1ccc(COCCN[C@@H](c2ccccc2)[C@@H](NS(C)(=O)=O)c2ccccc2)cc1. The van der Waals surface area contributed by atoms with Gasteiger partial charge in [-0.15, -0.1) is 0 Å². The van der Waals surface area contributed by atoms with Crippen molar-refractivity contribution in [2.75, 3.05) is 19.4 Å². The minimum Gasteiger partial charge on any atom is -0.375 e. The first-order chi connectivity index (χ1) is 14.9. The Hall–Kier alpha value is -2.51. The number of hydrogen-bond acceptors (Lipinski definition) is 4. The van der Waals surface area contributed by atoms with Gasteiger partial charge in [0.05, 0.1) is 31.6 Å². The summed E-state index contributed by atoms with van der Waals surface area (Å²) in [5, 5.41) is 3.50. The van der Waals surface area contributed by atoms with Gasteiger partial charge < -0.3 is 10.1 Å². The van der Waals surface area contributed by atoms with Crippen LogP contribution in [0.3, 0.4) is 0 Å². The van der Waals surface area contributed by atoms with E-state index in [1.165, 1.54) is 11.8 Å². The van der Waals surface area contributed by atoms with E-state index in [0.29, 0.717) is 19.8 Å². The lowest BCUT2D eigenvalue weighted by Gasteiger charge is -2.29. The van der Waals surface area contributed by atoms with Crippen molar-refractivity contribution in [2.24, 2.45) is 0 Å². The third-order valence-corrected chi connectivity index (χ3v) is 5.67. The molecule has 3 aromatic rings. The van der Waals surface area contributed by atoms with Crippen molar-refractivity contribution in [3.8, 4) is 0 Å². The Kier molecular flexibility index (Phi) is 8.37. The molecule has 5 nitrogen and oxygen atoms in total. The average molecular weight is 439 g/mol. The monoisotopic (exact) mass is 438 g/mol. The average Bonchev–Trinajstić information content (AvgIpc) is 2.77. The Morgan fingerprint density at radius 3 is 1.90 bits per heavy atom. The number of ether oxygens (including phenoxy) is 1. The minimum atomic E-state index is -3.42. The predicted octanol–water partition coefficient (Wildman–Crippen LogP) is 4.13. The maximum atomic E-state index is 12.1. The van der Waals surface area contributed by atoms with Gasteiger partial charge in [0.1, 0.15) is 0 Å². The summed E-state index contributed by atoms with van der Waals surface area (Å²) in [6, 6.07) is 27.1. The van der Waals surface area contributed by atoms with Gasteiger partial charge in [-0.1, -0.05) is 90.5 Å². The summed E-state index contributed by atoms with van der Waals surface area (Å²) in [5.74, 6) is 0. The fourth-order valence-corrected chi connectivity index (χ4v) is 4.20. The maximum Gasteiger partial charge on any atom is 0.209 e. The van der Waals surface area contributed by atoms with Crippen LogP contribution in [0.25, 0.3) is 0 Å². The molecule has 3 aromatic carbocycles. The van der Waals surface area contributed by atoms with Crippen LogP contribution in [0.2, 0.25) is 0 Å². The van der Waals surface area contributed by atoms with Gasteiger partial charge in [0.15, 0.2) is 0 Å². The molecule has 0 bridgehead atoms. The fourth-order valence-electron chi connectivity index (χ4n) is 3.47. The zero-order valence-electron chi connectivity index (χ0n) is 18.0. The third kappa shape index (κ3) is 7.60. The highest BCUT2D eigenvalue weighted by atomic mass is 32.2. The molecule has 0 unspecified atom stereocenters. The summed E-state index contributed by atoms with van der Waals surface area (Å²) in [4.78, 5) is 0. The van der Waals surface area contributed by atoms with Crippen molar-refractivity contribution < 1.29 is 13.2 Å². The van der Waals surface area contributed by atoms with Crippen LogP contribution in [-0.2, 0) is 21.4 Å². The van der Waals surface area contributed by atoms with Crippen LogP contribution in [0, 0.1) is 6.92 Å². The molecule has 0 radical (unpaired) electrons. The molecule has 2 atom stereocenters. The first kappa shape index (κ1) is 23.2. The Bertz CT molecular complexity index is 1020. The van der Waals surface area contributed by atoms with Gasteiger partial charge in [-0.25, -0.2) is 13.1 Å². The van der Waals surface area contributed by atoms with E-state index >= 15 is 0 Å². The highest BCUT2D eigenvalue weighted by Crippen LogP contribution is 2.29. The predicted molar refractivity (Wildman–Crippen MR) is 125 cm³/mol. The molecule has 0 spiro atoms. The van der Waals surface area contributed by atoms with Gasteiger partial charge >= 0.3 is 0 Å². The van der Waals surface area contributed by atoms with E-state index in [-0.39, 0.29) is 6.04 Å². The largest absolute Gasteiger partial charge is 0.375 e. The number of hydrogen-bond donors (Lipinski definition) is 2. The molecule has 164 valence electrons. The Morgan fingerprint density at radius 2 is 1.35 bits per heavy atom. The second-order valence-corrected chi connectivity index (χ2v) is 9.44. The molecule has 0 aliphatic rings. The highest BCUT2D eigenvalue weighted by molar-refractivity contribution is 7.88. The second-order valence-electron chi connectivity index (χ2n) is 7.66. The Labute approximate surface area is 185 Å². The van der Waals surface area contributed by atoms with Crippen LogP contribution in [0.15, 0.2) is 84.9 Å². The summed E-state index contributed by atoms with van der Waals surface area (Å²) in [7, 11) is -3.42. The first-order valence-electron chi connectivity index (χ1n) is 10.4. The lowest BCUT2D eigenvalue weighted by Crippen LogP contribution is -2.39. The Morgan fingerprint density at radius 1 is 0.806 bits per heavy atom. The van der Waals surface area contributed by atoms with Crippen molar-refractivity contribution in [1.29, 1.82) is 0 Å². The number of aryl methyl sites for hydroxylation is 1. The standard InChI is InChI=1S/C25H30N2O3S/c1-20-13-15-21(16-14-20)19-30-18-17-26-24(22-9-5-3-6-10-22)25(27-31(2,28)29)23-11-7-4-8-12-23/h3-16,24-27H,17-19H2,1-2H3/t24-,25-/m0/s1. The summed E-state index contributed by atoms with van der Waals surface area (Å²) in [6.07, 6.45) is 1.19. The van der Waals surface area contributed by atoms with E-state index in [9.17, 15) is 8.42 Å². The van der Waals surface area contributed by atoms with Crippen molar-refractivity contribution in [2.45, 2.75) is 25.6 Å². The van der Waals surface area contributed by atoms with Crippen molar-refractivity contribution in [3.05, 3.63) is 107 Å². The zero-order chi connectivity index (χ0) is 22.1. The molecule has 0 aromatic heterocycles. The first-order valence-corrected chi connectivity index (χ1v) is 12.3. The van der Waals surface area contributed by atoms with Gasteiger partial charge in [-0.2, -0.15) is 0 Å². The fraction of sp³-hybridized carbons (Fsp3) is 0.280. The molecule has 0 saturated carbocycles. The van der Waals surface area contributed by atoms with Crippen LogP contribution < -0.4 is 10.0 Å². The number of nitrogens with one attached hydrogen (secondary N) is 2. The molecule has 0 heterocycles. The van der Waals surface area contributed by atoms with Crippen molar-refractivity contribution in [1.82, 2.24) is 10.0 Å². The molecule has 0 aliphatic carbocycles. The zero-order valence-corrected chi connectivity index (χ0v) is 18.8. The van der Waals surface area contributed by atoms with Crippen LogP contribution in [0.4, 0.5) is 0 Å². The molecule has 6 heteroatoms. The molecule has 0 saturated heterocycles. The Balaban J connectivity index is 1.71. The number of rotatable bonds is 11. The van der Waals surface area contributed by atoms with Crippen LogP contribution in [0.1, 0.15) is 34.3 Å². The van der Waals surface area contributed by atoms with E-state index in [1.807, 2.05) is 60.7 Å². The van der Waals surface area contributed by atoms with E-state index in [1.54, 1.807) is 0 Å². The van der Waals surface area contributed by atoms with Gasteiger partial charge in [-0.3, -0.25) is 0 Å². The maximum absolute atomic E-state index is 12.1. The third-order valence-electron chi connectivity index (χ3n) is 4.99. The van der Waals surface area contributed by atoms with Gasteiger partial charge in [0.25, 0.3) is 0 Å². The topological polar surface area (TPSA) is 67.4 Å². The summed E-state index contributed by atoms with van der Waals surface area (Å²) in [6.45, 7) is 3.70. The quantitative estimate of drug-likeness (QED) is 0.442. The second kappa shape index (κ2) is 11.2. The van der Waals surface area contributed by atoms with Gasteiger partial charge in [0, 0.05) is 6.54 Å². The smallest absolute Gasteiger partial charge is 0.209 e. The molecular weight excluding hydrogens is 408 g/mol. The van der Waals surface area contributed by atoms with E-state index in [2.05, 4.69) is 41.2 Å².